The molecule has 78 valence electrons. The van der Waals surface area contributed by atoms with Gasteiger partial charge in [-0.3, -0.25) is 4.98 Å². The van der Waals surface area contributed by atoms with Crippen molar-refractivity contribution in [1.29, 1.82) is 0 Å². The summed E-state index contributed by atoms with van der Waals surface area (Å²) in [7, 11) is 1.72. The number of rotatable bonds is 7. The minimum atomic E-state index is 0.781. The second kappa shape index (κ2) is 7.47. The Hall–Kier alpha value is -0.930. The molecule has 1 aromatic heterocycles. The van der Waals surface area contributed by atoms with Crippen LogP contribution in [0.4, 0.5) is 0 Å². The van der Waals surface area contributed by atoms with Crippen LogP contribution in [0.5, 0.6) is 0 Å². The number of hydrogen-bond acceptors (Lipinski definition) is 3. The molecule has 0 radical (unpaired) electrons. The Labute approximate surface area is 85.5 Å². The predicted octanol–water partition coefficient (Wildman–Crippen LogP) is 1.25. The number of aromatic nitrogens is 1. The summed E-state index contributed by atoms with van der Waals surface area (Å²) in [6.45, 7) is 2.74. The van der Waals surface area contributed by atoms with Crippen LogP contribution in [-0.2, 0) is 11.2 Å². The summed E-state index contributed by atoms with van der Waals surface area (Å²) >= 11 is 0. The lowest BCUT2D eigenvalue weighted by Gasteiger charge is -2.03. The topological polar surface area (TPSA) is 34.1 Å². The second-order valence-electron chi connectivity index (χ2n) is 3.17. The zero-order valence-electron chi connectivity index (χ0n) is 8.70. The van der Waals surface area contributed by atoms with Crippen molar-refractivity contribution < 1.29 is 4.74 Å². The van der Waals surface area contributed by atoms with E-state index in [9.17, 15) is 0 Å². The molecule has 3 nitrogen and oxygen atoms in total. The number of nitrogens with one attached hydrogen (secondary N) is 1. The zero-order chi connectivity index (χ0) is 10.1. The van der Waals surface area contributed by atoms with E-state index in [4.69, 9.17) is 4.74 Å². The summed E-state index contributed by atoms with van der Waals surface area (Å²) in [4.78, 5) is 4.26. The van der Waals surface area contributed by atoms with Crippen molar-refractivity contribution in [3.8, 4) is 0 Å². The Balaban J connectivity index is 1.99. The van der Waals surface area contributed by atoms with Crippen molar-refractivity contribution in [1.82, 2.24) is 10.3 Å². The van der Waals surface area contributed by atoms with Crippen LogP contribution in [0.25, 0.3) is 0 Å². The molecule has 0 atom stereocenters. The van der Waals surface area contributed by atoms with Gasteiger partial charge in [0.2, 0.25) is 0 Å². The van der Waals surface area contributed by atoms with Crippen LogP contribution < -0.4 is 5.32 Å². The molecule has 0 unspecified atom stereocenters. The minimum absolute atomic E-state index is 0.781. The molecule has 0 aromatic carbocycles. The highest BCUT2D eigenvalue weighted by molar-refractivity contribution is 5.03. The molecule has 1 heterocycles. The first-order chi connectivity index (χ1) is 6.93. The quantitative estimate of drug-likeness (QED) is 0.663. The fourth-order valence-corrected chi connectivity index (χ4v) is 1.24. The third-order valence-electron chi connectivity index (χ3n) is 2.00. The lowest BCUT2D eigenvalue weighted by atomic mass is 10.2. The van der Waals surface area contributed by atoms with E-state index in [1.807, 2.05) is 18.3 Å². The molecule has 0 fully saturated rings. The average Bonchev–Trinajstić information content (AvgIpc) is 2.25. The normalized spacial score (nSPS) is 10.4. The van der Waals surface area contributed by atoms with Crippen molar-refractivity contribution in [2.24, 2.45) is 0 Å². The maximum Gasteiger partial charge on any atom is 0.0587 e. The lowest BCUT2D eigenvalue weighted by molar-refractivity contribution is 0.199. The van der Waals surface area contributed by atoms with Gasteiger partial charge in [-0.15, -0.1) is 0 Å². The first-order valence-electron chi connectivity index (χ1n) is 5.03. The molecule has 0 aliphatic rings. The van der Waals surface area contributed by atoms with E-state index in [2.05, 4.69) is 16.4 Å². The van der Waals surface area contributed by atoms with Crippen LogP contribution >= 0.6 is 0 Å². The smallest absolute Gasteiger partial charge is 0.0587 e. The molecular weight excluding hydrogens is 176 g/mol. The molecule has 0 saturated heterocycles. The maximum absolute atomic E-state index is 4.93. The third-order valence-corrected chi connectivity index (χ3v) is 2.00. The van der Waals surface area contributed by atoms with Crippen molar-refractivity contribution >= 4 is 0 Å². The molecule has 3 heteroatoms. The lowest BCUT2D eigenvalue weighted by Crippen LogP contribution is -2.20. The van der Waals surface area contributed by atoms with Gasteiger partial charge in [-0.2, -0.15) is 0 Å². The van der Waals surface area contributed by atoms with Gasteiger partial charge in [0.1, 0.15) is 0 Å². The first kappa shape index (κ1) is 11.1. The Morgan fingerprint density at radius 1 is 1.36 bits per heavy atom. The number of methoxy groups -OCH3 is 1. The van der Waals surface area contributed by atoms with Gasteiger partial charge in [-0.1, -0.05) is 6.07 Å². The predicted molar refractivity (Wildman–Crippen MR) is 57.3 cm³/mol. The monoisotopic (exact) mass is 194 g/mol. The molecule has 0 bridgehead atoms. The number of nitrogens with zero attached hydrogens (tertiary/aromatic N) is 1. The van der Waals surface area contributed by atoms with E-state index in [1.165, 1.54) is 5.69 Å². The summed E-state index contributed by atoms with van der Waals surface area (Å²) in [5, 5.41) is 3.30. The number of ether oxygens (including phenoxy) is 1. The maximum atomic E-state index is 4.93. The first-order valence-corrected chi connectivity index (χ1v) is 5.03. The van der Waals surface area contributed by atoms with Gasteiger partial charge in [-0.25, -0.2) is 0 Å². The fourth-order valence-electron chi connectivity index (χ4n) is 1.24. The highest BCUT2D eigenvalue weighted by atomic mass is 16.5. The minimum Gasteiger partial charge on any atom is -0.383 e. The second-order valence-corrected chi connectivity index (χ2v) is 3.17. The van der Waals surface area contributed by atoms with Crippen LogP contribution in [0.1, 0.15) is 12.1 Å². The van der Waals surface area contributed by atoms with E-state index in [1.54, 1.807) is 7.11 Å². The average molecular weight is 194 g/mol. The molecule has 0 aliphatic heterocycles. The van der Waals surface area contributed by atoms with Gasteiger partial charge in [0.25, 0.3) is 0 Å². The van der Waals surface area contributed by atoms with Crippen LogP contribution in [0, 0.1) is 0 Å². The Morgan fingerprint density at radius 2 is 2.29 bits per heavy atom. The van der Waals surface area contributed by atoms with Crippen LogP contribution in [-0.4, -0.2) is 31.8 Å². The molecule has 0 saturated carbocycles. The van der Waals surface area contributed by atoms with Gasteiger partial charge in [0.05, 0.1) is 6.61 Å². The van der Waals surface area contributed by atoms with Gasteiger partial charge in [0.15, 0.2) is 0 Å². The molecular formula is C11H18N2O. The SMILES string of the molecule is COCCNCCCc1ccccn1. The standard InChI is InChI=1S/C11H18N2O/c1-14-10-9-12-7-4-6-11-5-2-3-8-13-11/h2-3,5,8,12H,4,6-7,9-10H2,1H3. The Kier molecular flexibility index (Phi) is 5.95. The van der Waals surface area contributed by atoms with Crippen molar-refractivity contribution in [3.05, 3.63) is 30.1 Å². The molecule has 1 aromatic rings. The molecule has 0 spiro atoms. The van der Waals surface area contributed by atoms with Crippen LogP contribution in [0.15, 0.2) is 24.4 Å². The molecule has 0 amide bonds. The highest BCUT2D eigenvalue weighted by Gasteiger charge is 1.92. The van der Waals surface area contributed by atoms with Gasteiger partial charge in [0, 0.05) is 25.5 Å². The van der Waals surface area contributed by atoms with E-state index in [-0.39, 0.29) is 0 Å². The molecule has 14 heavy (non-hydrogen) atoms. The molecule has 1 N–H and O–H groups in total. The molecule has 0 aliphatic carbocycles. The van der Waals surface area contributed by atoms with Crippen molar-refractivity contribution in [2.75, 3.05) is 26.8 Å². The number of pyridine rings is 1. The summed E-state index contributed by atoms with van der Waals surface area (Å²) in [5.74, 6) is 0. The number of aryl methyl sites for hydroxylation is 1. The fraction of sp³-hybridized carbons (Fsp3) is 0.545. The molecule has 1 rings (SSSR count). The van der Waals surface area contributed by atoms with E-state index in [0.29, 0.717) is 0 Å². The largest absolute Gasteiger partial charge is 0.383 e. The van der Waals surface area contributed by atoms with Crippen molar-refractivity contribution in [2.45, 2.75) is 12.8 Å². The van der Waals surface area contributed by atoms with Gasteiger partial charge in [-0.05, 0) is 31.5 Å². The van der Waals surface area contributed by atoms with E-state index in [0.717, 1.165) is 32.5 Å². The van der Waals surface area contributed by atoms with Crippen LogP contribution in [0.2, 0.25) is 0 Å². The summed E-state index contributed by atoms with van der Waals surface area (Å²) in [6, 6.07) is 6.04. The Bertz CT molecular complexity index is 226. The van der Waals surface area contributed by atoms with E-state index < -0.39 is 0 Å². The summed E-state index contributed by atoms with van der Waals surface area (Å²) in [5.41, 5.74) is 1.17. The summed E-state index contributed by atoms with van der Waals surface area (Å²) in [6.07, 6.45) is 4.01. The third kappa shape index (κ3) is 4.94. The Morgan fingerprint density at radius 3 is 3.00 bits per heavy atom. The van der Waals surface area contributed by atoms with Crippen LogP contribution in [0.3, 0.4) is 0 Å². The van der Waals surface area contributed by atoms with E-state index >= 15 is 0 Å². The summed E-state index contributed by atoms with van der Waals surface area (Å²) < 4.78 is 4.93. The highest BCUT2D eigenvalue weighted by Crippen LogP contribution is 1.96. The number of hydrogen-bond donors (Lipinski definition) is 1. The van der Waals surface area contributed by atoms with Crippen molar-refractivity contribution in [3.63, 3.8) is 0 Å². The van der Waals surface area contributed by atoms with Gasteiger partial charge < -0.3 is 10.1 Å². The zero-order valence-corrected chi connectivity index (χ0v) is 8.70. The van der Waals surface area contributed by atoms with Gasteiger partial charge >= 0.3 is 0 Å².